The minimum atomic E-state index is -0.332. The average molecular weight is 207 g/mol. The molecule has 0 aromatic carbocycles. The Labute approximate surface area is 88.2 Å². The van der Waals surface area contributed by atoms with Crippen LogP contribution in [0.15, 0.2) is 10.9 Å². The molecule has 5 nitrogen and oxygen atoms in total. The van der Waals surface area contributed by atoms with Gasteiger partial charge in [-0.05, 0) is 18.8 Å². The van der Waals surface area contributed by atoms with Crippen LogP contribution >= 0.6 is 0 Å². The summed E-state index contributed by atoms with van der Waals surface area (Å²) in [6.07, 6.45) is 1.24. The molecule has 0 fully saturated rings. The highest BCUT2D eigenvalue weighted by molar-refractivity contribution is 5.93. The Hall–Kier alpha value is -1.83. The quantitative estimate of drug-likeness (QED) is 0.748. The number of hydrogen-bond donors (Lipinski definition) is 1. The van der Waals surface area contributed by atoms with Crippen molar-refractivity contribution in [2.24, 2.45) is 5.92 Å². The van der Waals surface area contributed by atoms with E-state index in [9.17, 15) is 4.79 Å². The summed E-state index contributed by atoms with van der Waals surface area (Å²) in [5.41, 5.74) is 0. The Morgan fingerprint density at radius 2 is 2.33 bits per heavy atom. The summed E-state index contributed by atoms with van der Waals surface area (Å²) in [7, 11) is 0. The smallest absolute Gasteiger partial charge is 0.296 e. The van der Waals surface area contributed by atoms with Gasteiger partial charge in [-0.3, -0.25) is 4.79 Å². The van der Waals surface area contributed by atoms with Crippen LogP contribution in [0.5, 0.6) is 0 Å². The van der Waals surface area contributed by atoms with E-state index < -0.39 is 0 Å². The first kappa shape index (κ1) is 11.2. The van der Waals surface area contributed by atoms with Crippen LogP contribution in [0.1, 0.15) is 32.6 Å². The standard InChI is InChI=1S/C10H13N3O2/c1-4-5-8(14)12-9(7(2)3)10-11-6-15-13-10/h6-7,9H,1-3H3,(H,12,14). The highest BCUT2D eigenvalue weighted by atomic mass is 16.5. The molecule has 0 aliphatic heterocycles. The first-order chi connectivity index (χ1) is 7.15. The van der Waals surface area contributed by atoms with Crippen LogP contribution in [0.2, 0.25) is 0 Å². The highest BCUT2D eigenvalue weighted by Gasteiger charge is 2.21. The van der Waals surface area contributed by atoms with E-state index in [0.29, 0.717) is 5.82 Å². The first-order valence-electron chi connectivity index (χ1n) is 4.64. The normalized spacial score (nSPS) is 11.7. The van der Waals surface area contributed by atoms with Gasteiger partial charge in [0, 0.05) is 0 Å². The van der Waals surface area contributed by atoms with Gasteiger partial charge in [-0.2, -0.15) is 4.98 Å². The minimum Gasteiger partial charge on any atom is -0.343 e. The van der Waals surface area contributed by atoms with Gasteiger partial charge in [-0.25, -0.2) is 0 Å². The summed E-state index contributed by atoms with van der Waals surface area (Å²) in [6.45, 7) is 5.53. The van der Waals surface area contributed by atoms with E-state index in [1.54, 1.807) is 6.92 Å². The molecule has 0 aliphatic rings. The largest absolute Gasteiger partial charge is 0.343 e. The van der Waals surface area contributed by atoms with Crippen LogP contribution in [0.25, 0.3) is 0 Å². The molecule has 1 heterocycles. The van der Waals surface area contributed by atoms with Crippen molar-refractivity contribution in [3.63, 3.8) is 0 Å². The molecular weight excluding hydrogens is 194 g/mol. The van der Waals surface area contributed by atoms with E-state index in [2.05, 4.69) is 31.8 Å². The van der Waals surface area contributed by atoms with E-state index >= 15 is 0 Å². The summed E-state index contributed by atoms with van der Waals surface area (Å²) in [6, 6.07) is -0.267. The SMILES string of the molecule is CC#CC(=O)NC(c1ncon1)C(C)C. The summed E-state index contributed by atoms with van der Waals surface area (Å²) >= 11 is 0. The van der Waals surface area contributed by atoms with Crippen LogP contribution in [-0.4, -0.2) is 16.0 Å². The summed E-state index contributed by atoms with van der Waals surface area (Å²) < 4.78 is 4.64. The van der Waals surface area contributed by atoms with E-state index in [1.165, 1.54) is 6.39 Å². The lowest BCUT2D eigenvalue weighted by Gasteiger charge is -2.16. The Balaban J connectivity index is 2.75. The molecule has 1 atom stereocenters. The maximum Gasteiger partial charge on any atom is 0.296 e. The molecule has 15 heavy (non-hydrogen) atoms. The summed E-state index contributed by atoms with van der Waals surface area (Å²) in [5.74, 6) is 5.25. The highest BCUT2D eigenvalue weighted by Crippen LogP contribution is 2.17. The van der Waals surface area contributed by atoms with Crippen molar-refractivity contribution in [1.82, 2.24) is 15.5 Å². The van der Waals surface area contributed by atoms with E-state index in [1.807, 2.05) is 13.8 Å². The second-order valence-electron chi connectivity index (χ2n) is 3.36. The predicted octanol–water partition coefficient (Wildman–Crippen LogP) is 0.906. The van der Waals surface area contributed by atoms with Gasteiger partial charge in [0.05, 0.1) is 6.04 Å². The fourth-order valence-electron chi connectivity index (χ4n) is 1.14. The third-order valence-corrected chi connectivity index (χ3v) is 1.85. The van der Waals surface area contributed by atoms with Crippen LogP contribution in [-0.2, 0) is 4.79 Å². The maximum absolute atomic E-state index is 11.3. The van der Waals surface area contributed by atoms with Crippen molar-refractivity contribution in [2.75, 3.05) is 0 Å². The number of hydrogen-bond acceptors (Lipinski definition) is 4. The minimum absolute atomic E-state index is 0.171. The fraction of sp³-hybridized carbons (Fsp3) is 0.500. The topological polar surface area (TPSA) is 68.0 Å². The second-order valence-corrected chi connectivity index (χ2v) is 3.36. The number of nitrogens with one attached hydrogen (secondary N) is 1. The zero-order chi connectivity index (χ0) is 11.3. The zero-order valence-corrected chi connectivity index (χ0v) is 8.94. The number of amides is 1. The van der Waals surface area contributed by atoms with E-state index in [0.717, 1.165) is 0 Å². The molecule has 0 aliphatic carbocycles. The lowest BCUT2D eigenvalue weighted by molar-refractivity contribution is -0.116. The van der Waals surface area contributed by atoms with E-state index in [4.69, 9.17) is 0 Å². The molecule has 80 valence electrons. The fourth-order valence-corrected chi connectivity index (χ4v) is 1.14. The number of carbonyl (C=O) groups excluding carboxylic acids is 1. The van der Waals surface area contributed by atoms with Crippen LogP contribution in [0, 0.1) is 17.8 Å². The number of carbonyl (C=O) groups is 1. The molecule has 1 rings (SSSR count). The number of rotatable bonds is 3. The Morgan fingerprint density at radius 1 is 1.60 bits per heavy atom. The number of nitrogens with zero attached hydrogens (tertiary/aromatic N) is 2. The lowest BCUT2D eigenvalue weighted by Crippen LogP contribution is -2.31. The van der Waals surface area contributed by atoms with Crippen molar-refractivity contribution < 1.29 is 9.32 Å². The molecule has 1 aromatic rings. The summed E-state index contributed by atoms with van der Waals surface area (Å²) in [5, 5.41) is 6.42. The molecule has 1 amide bonds. The van der Waals surface area contributed by atoms with Gasteiger partial charge in [0.2, 0.25) is 6.39 Å². The Bertz CT molecular complexity index is 373. The molecule has 5 heteroatoms. The van der Waals surface area contributed by atoms with Crippen molar-refractivity contribution in [3.8, 4) is 11.8 Å². The zero-order valence-electron chi connectivity index (χ0n) is 8.94. The molecule has 0 saturated carbocycles. The molecule has 1 unspecified atom stereocenters. The third-order valence-electron chi connectivity index (χ3n) is 1.85. The monoisotopic (exact) mass is 207 g/mol. The van der Waals surface area contributed by atoms with Crippen molar-refractivity contribution in [2.45, 2.75) is 26.8 Å². The molecule has 0 radical (unpaired) electrons. The lowest BCUT2D eigenvalue weighted by atomic mass is 10.0. The van der Waals surface area contributed by atoms with Crippen molar-refractivity contribution in [3.05, 3.63) is 12.2 Å². The van der Waals surface area contributed by atoms with Crippen LogP contribution < -0.4 is 5.32 Å². The van der Waals surface area contributed by atoms with Gasteiger partial charge in [0.15, 0.2) is 5.82 Å². The van der Waals surface area contributed by atoms with Crippen molar-refractivity contribution in [1.29, 1.82) is 0 Å². The molecule has 0 bridgehead atoms. The first-order valence-corrected chi connectivity index (χ1v) is 4.64. The van der Waals surface area contributed by atoms with Gasteiger partial charge >= 0.3 is 0 Å². The van der Waals surface area contributed by atoms with Crippen LogP contribution in [0.3, 0.4) is 0 Å². The average Bonchev–Trinajstić information content (AvgIpc) is 2.66. The Kier molecular flexibility index (Phi) is 3.86. The van der Waals surface area contributed by atoms with Crippen LogP contribution in [0.4, 0.5) is 0 Å². The third kappa shape index (κ3) is 3.09. The second kappa shape index (κ2) is 5.15. The molecule has 0 spiro atoms. The van der Waals surface area contributed by atoms with Gasteiger partial charge in [0.25, 0.3) is 5.91 Å². The Morgan fingerprint density at radius 3 is 2.80 bits per heavy atom. The van der Waals surface area contributed by atoms with Crippen molar-refractivity contribution >= 4 is 5.91 Å². The molecule has 1 N–H and O–H groups in total. The van der Waals surface area contributed by atoms with Gasteiger partial charge in [-0.1, -0.05) is 24.9 Å². The maximum atomic E-state index is 11.3. The predicted molar refractivity (Wildman–Crippen MR) is 53.5 cm³/mol. The van der Waals surface area contributed by atoms with Gasteiger partial charge in [0.1, 0.15) is 0 Å². The molecule has 0 saturated heterocycles. The van der Waals surface area contributed by atoms with E-state index in [-0.39, 0.29) is 17.9 Å². The molecular formula is C10H13N3O2. The van der Waals surface area contributed by atoms with Gasteiger partial charge < -0.3 is 9.84 Å². The summed E-state index contributed by atoms with van der Waals surface area (Å²) in [4.78, 5) is 15.2. The molecule has 1 aromatic heterocycles. The van der Waals surface area contributed by atoms with Gasteiger partial charge in [-0.15, -0.1) is 0 Å². The number of aromatic nitrogens is 2.